The standard InChI is InChI=1S/C20H18F3N3O5/c1-12-8-16(27)24-14-4-2-3-5-15(14)26(12)18(29)11-31-19(30)10-25-9-13(20(21,22)23)6-7-17(25)28/h2-7,9,12H,8,10-11H2,1H3,(H,24,27). The van der Waals surface area contributed by atoms with Crippen LogP contribution in [0.25, 0.3) is 0 Å². The number of alkyl halides is 3. The second kappa shape index (κ2) is 8.62. The molecule has 1 aromatic carbocycles. The van der Waals surface area contributed by atoms with Crippen LogP contribution < -0.4 is 15.8 Å². The van der Waals surface area contributed by atoms with Gasteiger partial charge in [0.05, 0.1) is 16.9 Å². The van der Waals surface area contributed by atoms with Crippen molar-refractivity contribution >= 4 is 29.2 Å². The topological polar surface area (TPSA) is 97.7 Å². The van der Waals surface area contributed by atoms with Crippen LogP contribution in [-0.4, -0.2) is 35.0 Å². The van der Waals surface area contributed by atoms with E-state index in [0.717, 1.165) is 0 Å². The average molecular weight is 437 g/mol. The molecule has 31 heavy (non-hydrogen) atoms. The molecule has 1 atom stereocenters. The Morgan fingerprint density at radius 2 is 1.87 bits per heavy atom. The monoisotopic (exact) mass is 437 g/mol. The molecule has 0 saturated carbocycles. The fourth-order valence-corrected chi connectivity index (χ4v) is 3.19. The van der Waals surface area contributed by atoms with E-state index in [1.165, 1.54) is 4.90 Å². The van der Waals surface area contributed by atoms with Crippen LogP contribution in [0, 0.1) is 0 Å². The molecule has 1 aliphatic heterocycles. The van der Waals surface area contributed by atoms with Crippen LogP contribution in [0.15, 0.2) is 47.4 Å². The molecule has 1 aliphatic rings. The summed E-state index contributed by atoms with van der Waals surface area (Å²) >= 11 is 0. The lowest BCUT2D eigenvalue weighted by Gasteiger charge is -2.27. The highest BCUT2D eigenvalue weighted by Gasteiger charge is 2.32. The summed E-state index contributed by atoms with van der Waals surface area (Å²) in [5.41, 5.74) is -1.07. The third-order valence-corrected chi connectivity index (χ3v) is 4.59. The summed E-state index contributed by atoms with van der Waals surface area (Å²) in [4.78, 5) is 49.8. The molecule has 0 bridgehead atoms. The van der Waals surface area contributed by atoms with Gasteiger partial charge in [0.15, 0.2) is 6.61 Å². The summed E-state index contributed by atoms with van der Waals surface area (Å²) in [6, 6.07) is 7.39. The van der Waals surface area contributed by atoms with Crippen LogP contribution in [-0.2, 0) is 31.8 Å². The van der Waals surface area contributed by atoms with Crippen LogP contribution >= 0.6 is 0 Å². The largest absolute Gasteiger partial charge is 0.454 e. The number of benzene rings is 1. The lowest BCUT2D eigenvalue weighted by molar-refractivity contribution is -0.149. The molecule has 0 fully saturated rings. The highest BCUT2D eigenvalue weighted by Crippen LogP contribution is 2.31. The third-order valence-electron chi connectivity index (χ3n) is 4.59. The number of ether oxygens (including phenoxy) is 1. The maximum atomic E-state index is 12.8. The molecule has 0 saturated heterocycles. The molecule has 1 N–H and O–H groups in total. The van der Waals surface area contributed by atoms with Crippen molar-refractivity contribution in [2.24, 2.45) is 0 Å². The van der Waals surface area contributed by atoms with E-state index >= 15 is 0 Å². The van der Waals surface area contributed by atoms with Crippen LogP contribution in [0.3, 0.4) is 0 Å². The van der Waals surface area contributed by atoms with Crippen molar-refractivity contribution < 1.29 is 32.3 Å². The smallest absolute Gasteiger partial charge is 0.417 e. The quantitative estimate of drug-likeness (QED) is 0.740. The molecule has 2 aromatic rings. The van der Waals surface area contributed by atoms with Gasteiger partial charge in [0.25, 0.3) is 11.5 Å². The van der Waals surface area contributed by atoms with Crippen LogP contribution in [0.5, 0.6) is 0 Å². The molecule has 3 rings (SSSR count). The number of fused-ring (bicyclic) bond motifs is 1. The van der Waals surface area contributed by atoms with Gasteiger partial charge in [-0.2, -0.15) is 13.2 Å². The van der Waals surface area contributed by atoms with E-state index in [9.17, 15) is 32.3 Å². The molecule has 0 aliphatic carbocycles. The third kappa shape index (κ3) is 5.11. The number of carbonyl (C=O) groups excluding carboxylic acids is 3. The number of nitrogens with zero attached hydrogens (tertiary/aromatic N) is 2. The van der Waals surface area contributed by atoms with Crippen LogP contribution in [0.1, 0.15) is 18.9 Å². The van der Waals surface area contributed by atoms with E-state index in [4.69, 9.17) is 4.74 Å². The predicted molar refractivity (Wildman–Crippen MR) is 103 cm³/mol. The zero-order valence-electron chi connectivity index (χ0n) is 16.3. The summed E-state index contributed by atoms with van der Waals surface area (Å²) in [5.74, 6) is -1.96. The summed E-state index contributed by atoms with van der Waals surface area (Å²) in [6.07, 6.45) is -4.15. The first kappa shape index (κ1) is 22.1. The maximum absolute atomic E-state index is 12.8. The lowest BCUT2D eigenvalue weighted by Crippen LogP contribution is -2.41. The second-order valence-corrected chi connectivity index (χ2v) is 6.92. The Hall–Kier alpha value is -3.63. The minimum Gasteiger partial charge on any atom is -0.454 e. The Balaban J connectivity index is 1.70. The highest BCUT2D eigenvalue weighted by atomic mass is 19.4. The Morgan fingerprint density at radius 3 is 2.58 bits per heavy atom. The number of rotatable bonds is 4. The van der Waals surface area contributed by atoms with Crippen LogP contribution in [0.4, 0.5) is 24.5 Å². The van der Waals surface area contributed by atoms with Gasteiger partial charge < -0.3 is 19.5 Å². The number of hydrogen-bond acceptors (Lipinski definition) is 5. The lowest BCUT2D eigenvalue weighted by atomic mass is 10.1. The van der Waals surface area contributed by atoms with Crippen molar-refractivity contribution in [1.29, 1.82) is 0 Å². The first-order valence-electron chi connectivity index (χ1n) is 9.20. The first-order chi connectivity index (χ1) is 14.6. The number of nitrogens with one attached hydrogen (secondary N) is 1. The second-order valence-electron chi connectivity index (χ2n) is 6.92. The molecule has 164 valence electrons. The first-order valence-corrected chi connectivity index (χ1v) is 9.20. The minimum absolute atomic E-state index is 0.0218. The molecule has 0 spiro atoms. The molecule has 1 aromatic heterocycles. The molecule has 1 unspecified atom stereocenters. The Labute approximate surface area is 174 Å². The number of carbonyl (C=O) groups is 3. The van der Waals surface area contributed by atoms with Crippen LogP contribution in [0.2, 0.25) is 0 Å². The van der Waals surface area contributed by atoms with E-state index in [-0.39, 0.29) is 12.3 Å². The minimum atomic E-state index is -4.68. The van der Waals surface area contributed by atoms with Crippen molar-refractivity contribution in [2.45, 2.75) is 32.1 Å². The number of amides is 2. The van der Waals surface area contributed by atoms with Crippen molar-refractivity contribution in [3.05, 3.63) is 58.5 Å². The molecule has 2 amide bonds. The van der Waals surface area contributed by atoms with E-state index in [1.807, 2.05) is 0 Å². The Morgan fingerprint density at radius 1 is 1.16 bits per heavy atom. The zero-order chi connectivity index (χ0) is 22.8. The van der Waals surface area contributed by atoms with Crippen molar-refractivity contribution in [3.63, 3.8) is 0 Å². The normalized spacial score (nSPS) is 16.2. The number of esters is 1. The number of para-hydroxylation sites is 2. The van der Waals surface area contributed by atoms with Crippen molar-refractivity contribution in [1.82, 2.24) is 4.57 Å². The van der Waals surface area contributed by atoms with Gasteiger partial charge in [0, 0.05) is 24.7 Å². The summed E-state index contributed by atoms with van der Waals surface area (Å²) in [6.45, 7) is 0.158. The molecule has 8 nitrogen and oxygen atoms in total. The van der Waals surface area contributed by atoms with Gasteiger partial charge in [0.2, 0.25) is 5.91 Å². The van der Waals surface area contributed by atoms with Crippen molar-refractivity contribution in [2.75, 3.05) is 16.8 Å². The van der Waals surface area contributed by atoms with Gasteiger partial charge in [-0.05, 0) is 25.1 Å². The SMILES string of the molecule is CC1CC(=O)Nc2ccccc2N1C(=O)COC(=O)Cn1cc(C(F)(F)F)ccc1=O. The number of pyridine rings is 1. The van der Waals surface area contributed by atoms with E-state index in [2.05, 4.69) is 5.32 Å². The number of aromatic nitrogens is 1. The van der Waals surface area contributed by atoms with Gasteiger partial charge in [-0.15, -0.1) is 0 Å². The molecule has 2 heterocycles. The fourth-order valence-electron chi connectivity index (χ4n) is 3.19. The summed E-state index contributed by atoms with van der Waals surface area (Å²) < 4.78 is 43.9. The summed E-state index contributed by atoms with van der Waals surface area (Å²) in [7, 11) is 0. The van der Waals surface area contributed by atoms with E-state index in [0.29, 0.717) is 34.3 Å². The Kier molecular flexibility index (Phi) is 6.14. The Bertz CT molecular complexity index is 1080. The highest BCUT2D eigenvalue weighted by molar-refractivity contribution is 6.05. The van der Waals surface area contributed by atoms with Crippen molar-refractivity contribution in [3.8, 4) is 0 Å². The van der Waals surface area contributed by atoms with Gasteiger partial charge in [-0.1, -0.05) is 12.1 Å². The summed E-state index contributed by atoms with van der Waals surface area (Å²) in [5, 5.41) is 2.69. The number of hydrogen-bond donors (Lipinski definition) is 1. The number of halogens is 3. The molecule has 0 radical (unpaired) electrons. The fraction of sp³-hybridized carbons (Fsp3) is 0.300. The zero-order valence-corrected chi connectivity index (χ0v) is 16.3. The number of anilines is 2. The predicted octanol–water partition coefficient (Wildman–Crippen LogP) is 2.17. The molecular weight excluding hydrogens is 419 g/mol. The molecular formula is C20H18F3N3O5. The molecule has 11 heteroatoms. The van der Waals surface area contributed by atoms with E-state index in [1.54, 1.807) is 31.2 Å². The van der Waals surface area contributed by atoms with Gasteiger partial charge in [0.1, 0.15) is 6.54 Å². The van der Waals surface area contributed by atoms with E-state index < -0.39 is 48.4 Å². The average Bonchev–Trinajstić information content (AvgIpc) is 2.81. The van der Waals surface area contributed by atoms with Gasteiger partial charge >= 0.3 is 12.1 Å². The van der Waals surface area contributed by atoms with Gasteiger partial charge in [-0.25, -0.2) is 0 Å². The van der Waals surface area contributed by atoms with Gasteiger partial charge in [-0.3, -0.25) is 19.2 Å². The maximum Gasteiger partial charge on any atom is 0.417 e.